The Bertz CT molecular complexity index is 286. The minimum atomic E-state index is -0.0663. The van der Waals surface area contributed by atoms with Crippen molar-refractivity contribution in [2.45, 2.75) is 31.1 Å². The van der Waals surface area contributed by atoms with E-state index in [9.17, 15) is 4.79 Å². The van der Waals surface area contributed by atoms with Gasteiger partial charge in [0.25, 0.3) is 0 Å². The number of amides is 1. The molecule has 2 heterocycles. The van der Waals surface area contributed by atoms with E-state index in [4.69, 9.17) is 5.26 Å². The standard InChI is InChI=1S/C10H14N2OS/c1-7-2-9(6-14-7)12-5-8(4-11)3-10(12)13/h7-9H,2-3,5-6H2,1H3. The monoisotopic (exact) mass is 210 g/mol. The second-order valence-corrected chi connectivity index (χ2v) is 5.58. The number of thioether (sulfide) groups is 1. The van der Waals surface area contributed by atoms with Crippen LogP contribution in [0.15, 0.2) is 0 Å². The molecule has 0 aromatic heterocycles. The van der Waals surface area contributed by atoms with E-state index in [-0.39, 0.29) is 11.8 Å². The van der Waals surface area contributed by atoms with Crippen LogP contribution in [0, 0.1) is 17.2 Å². The third kappa shape index (κ3) is 1.74. The van der Waals surface area contributed by atoms with Gasteiger partial charge in [0.15, 0.2) is 0 Å². The summed E-state index contributed by atoms with van der Waals surface area (Å²) in [6.45, 7) is 2.86. The minimum Gasteiger partial charge on any atom is -0.337 e. The van der Waals surface area contributed by atoms with Gasteiger partial charge in [0.05, 0.1) is 12.0 Å². The number of hydrogen-bond acceptors (Lipinski definition) is 3. The lowest BCUT2D eigenvalue weighted by Gasteiger charge is -2.23. The average molecular weight is 210 g/mol. The number of carbonyl (C=O) groups is 1. The lowest BCUT2D eigenvalue weighted by Crippen LogP contribution is -2.36. The number of carbonyl (C=O) groups excluding carboxylic acids is 1. The Hall–Kier alpha value is -0.690. The van der Waals surface area contributed by atoms with Crippen molar-refractivity contribution >= 4 is 17.7 Å². The lowest BCUT2D eigenvalue weighted by molar-refractivity contribution is -0.129. The predicted molar refractivity (Wildman–Crippen MR) is 55.8 cm³/mol. The summed E-state index contributed by atoms with van der Waals surface area (Å²) in [6.07, 6.45) is 1.53. The maximum atomic E-state index is 11.6. The Labute approximate surface area is 88.4 Å². The van der Waals surface area contributed by atoms with E-state index in [0.717, 1.165) is 12.2 Å². The number of likely N-dealkylation sites (tertiary alicyclic amines) is 1. The van der Waals surface area contributed by atoms with Gasteiger partial charge >= 0.3 is 0 Å². The van der Waals surface area contributed by atoms with Crippen LogP contribution in [0.25, 0.3) is 0 Å². The molecule has 0 aromatic rings. The highest BCUT2D eigenvalue weighted by Crippen LogP contribution is 2.32. The van der Waals surface area contributed by atoms with Gasteiger partial charge in [-0.15, -0.1) is 0 Å². The molecule has 3 nitrogen and oxygen atoms in total. The predicted octanol–water partition coefficient (Wildman–Crippen LogP) is 1.25. The molecule has 2 aliphatic heterocycles. The van der Waals surface area contributed by atoms with Crippen LogP contribution in [0.1, 0.15) is 19.8 Å². The molecule has 0 radical (unpaired) electrons. The maximum Gasteiger partial charge on any atom is 0.224 e. The second-order valence-electron chi connectivity index (χ2n) is 4.11. The van der Waals surface area contributed by atoms with Crippen molar-refractivity contribution in [2.75, 3.05) is 12.3 Å². The van der Waals surface area contributed by atoms with Gasteiger partial charge in [-0.2, -0.15) is 17.0 Å². The molecule has 4 heteroatoms. The fourth-order valence-corrected chi connectivity index (χ4v) is 3.41. The van der Waals surface area contributed by atoms with E-state index in [1.54, 1.807) is 0 Å². The SMILES string of the molecule is CC1CC(N2CC(C#N)CC2=O)CS1. The Balaban J connectivity index is 1.99. The zero-order valence-corrected chi connectivity index (χ0v) is 9.09. The van der Waals surface area contributed by atoms with Crippen molar-refractivity contribution in [1.82, 2.24) is 4.90 Å². The van der Waals surface area contributed by atoms with E-state index in [0.29, 0.717) is 24.3 Å². The van der Waals surface area contributed by atoms with Gasteiger partial charge in [-0.25, -0.2) is 0 Å². The van der Waals surface area contributed by atoms with Gasteiger partial charge in [-0.05, 0) is 6.42 Å². The smallest absolute Gasteiger partial charge is 0.224 e. The molecule has 2 fully saturated rings. The Morgan fingerprint density at radius 1 is 1.64 bits per heavy atom. The summed E-state index contributed by atoms with van der Waals surface area (Å²) in [4.78, 5) is 13.5. The lowest BCUT2D eigenvalue weighted by atomic mass is 10.1. The van der Waals surface area contributed by atoms with Gasteiger partial charge in [0.1, 0.15) is 0 Å². The first-order valence-electron chi connectivity index (χ1n) is 5.01. The van der Waals surface area contributed by atoms with Gasteiger partial charge in [-0.1, -0.05) is 6.92 Å². The molecule has 0 spiro atoms. The van der Waals surface area contributed by atoms with Crippen LogP contribution in [-0.4, -0.2) is 34.4 Å². The quantitative estimate of drug-likeness (QED) is 0.654. The van der Waals surface area contributed by atoms with Crippen molar-refractivity contribution in [3.05, 3.63) is 0 Å². The van der Waals surface area contributed by atoms with Gasteiger partial charge in [0, 0.05) is 30.0 Å². The van der Waals surface area contributed by atoms with Gasteiger partial charge in [0.2, 0.25) is 5.91 Å². The third-order valence-corrected chi connectivity index (χ3v) is 4.30. The van der Waals surface area contributed by atoms with E-state index in [1.165, 1.54) is 0 Å². The summed E-state index contributed by atoms with van der Waals surface area (Å²) in [5, 5.41) is 9.42. The van der Waals surface area contributed by atoms with E-state index < -0.39 is 0 Å². The first-order chi connectivity index (χ1) is 6.70. The van der Waals surface area contributed by atoms with Gasteiger partial charge in [-0.3, -0.25) is 4.79 Å². The molecule has 0 N–H and O–H groups in total. The number of rotatable bonds is 1. The highest BCUT2D eigenvalue weighted by molar-refractivity contribution is 8.00. The molecule has 0 aromatic carbocycles. The summed E-state index contributed by atoms with van der Waals surface area (Å²) < 4.78 is 0. The maximum absolute atomic E-state index is 11.6. The second kappa shape index (κ2) is 3.82. The number of nitrogens with zero attached hydrogens (tertiary/aromatic N) is 2. The molecule has 2 rings (SSSR count). The first-order valence-corrected chi connectivity index (χ1v) is 6.06. The highest BCUT2D eigenvalue weighted by atomic mass is 32.2. The average Bonchev–Trinajstić information content (AvgIpc) is 2.71. The van der Waals surface area contributed by atoms with Crippen LogP contribution in [0.3, 0.4) is 0 Å². The topological polar surface area (TPSA) is 44.1 Å². The molecule has 3 atom stereocenters. The van der Waals surface area contributed by atoms with Crippen LogP contribution >= 0.6 is 11.8 Å². The molecule has 2 aliphatic rings. The van der Waals surface area contributed by atoms with Gasteiger partial charge < -0.3 is 4.90 Å². The van der Waals surface area contributed by atoms with Crippen molar-refractivity contribution in [3.63, 3.8) is 0 Å². The van der Waals surface area contributed by atoms with Crippen molar-refractivity contribution in [1.29, 1.82) is 5.26 Å². The summed E-state index contributed by atoms with van der Waals surface area (Å²) in [5.74, 6) is 1.16. The molecular weight excluding hydrogens is 196 g/mol. The third-order valence-electron chi connectivity index (χ3n) is 2.96. The van der Waals surface area contributed by atoms with Crippen molar-refractivity contribution < 1.29 is 4.79 Å². The molecular formula is C10H14N2OS. The summed E-state index contributed by atoms with van der Waals surface area (Å²) in [6, 6.07) is 2.58. The zero-order chi connectivity index (χ0) is 10.1. The van der Waals surface area contributed by atoms with Crippen LogP contribution in [-0.2, 0) is 4.79 Å². The van der Waals surface area contributed by atoms with Crippen molar-refractivity contribution in [2.24, 2.45) is 5.92 Å². The van der Waals surface area contributed by atoms with Crippen LogP contribution in [0.2, 0.25) is 0 Å². The summed E-state index contributed by atoms with van der Waals surface area (Å²) in [7, 11) is 0. The van der Waals surface area contributed by atoms with E-state index in [2.05, 4.69) is 13.0 Å². The fourth-order valence-electron chi connectivity index (χ4n) is 2.18. The number of nitriles is 1. The molecule has 76 valence electrons. The molecule has 0 saturated carbocycles. The molecule has 14 heavy (non-hydrogen) atoms. The Morgan fingerprint density at radius 3 is 2.93 bits per heavy atom. The molecule has 0 bridgehead atoms. The van der Waals surface area contributed by atoms with E-state index in [1.807, 2.05) is 16.7 Å². The Kier molecular flexibility index (Phi) is 2.69. The van der Waals surface area contributed by atoms with Crippen molar-refractivity contribution in [3.8, 4) is 6.07 Å². The minimum absolute atomic E-state index is 0.0663. The van der Waals surface area contributed by atoms with Crippen LogP contribution in [0.4, 0.5) is 0 Å². The fraction of sp³-hybridized carbons (Fsp3) is 0.800. The first kappa shape index (κ1) is 9.85. The van der Waals surface area contributed by atoms with Crippen LogP contribution < -0.4 is 0 Å². The zero-order valence-electron chi connectivity index (χ0n) is 8.27. The molecule has 1 amide bonds. The molecule has 0 aliphatic carbocycles. The largest absolute Gasteiger partial charge is 0.337 e. The summed E-state index contributed by atoms with van der Waals surface area (Å²) >= 11 is 1.93. The number of hydrogen-bond donors (Lipinski definition) is 0. The van der Waals surface area contributed by atoms with Crippen LogP contribution in [0.5, 0.6) is 0 Å². The normalized spacial score (nSPS) is 37.6. The highest BCUT2D eigenvalue weighted by Gasteiger charge is 2.37. The summed E-state index contributed by atoms with van der Waals surface area (Å²) in [5.41, 5.74) is 0. The molecule has 3 unspecified atom stereocenters. The molecule has 2 saturated heterocycles. The van der Waals surface area contributed by atoms with E-state index >= 15 is 0 Å². The Morgan fingerprint density at radius 2 is 2.43 bits per heavy atom.